The van der Waals surface area contributed by atoms with Crippen LogP contribution in [0.25, 0.3) is 0 Å². The number of alkyl halides is 4. The zero-order valence-corrected chi connectivity index (χ0v) is 16.1. The van der Waals surface area contributed by atoms with Gasteiger partial charge in [-0.3, -0.25) is 4.98 Å². The van der Waals surface area contributed by atoms with E-state index in [1.54, 1.807) is 47.6 Å². The molecule has 0 unspecified atom stereocenters. The van der Waals surface area contributed by atoms with Crippen LogP contribution in [-0.2, 0) is 17.8 Å². The number of aldehydes is 1. The number of halogens is 4. The van der Waals surface area contributed by atoms with Crippen LogP contribution in [0.2, 0.25) is 0 Å². The van der Waals surface area contributed by atoms with E-state index in [-0.39, 0.29) is 6.42 Å². The molecule has 3 aromatic rings. The van der Waals surface area contributed by atoms with Crippen molar-refractivity contribution in [2.75, 3.05) is 4.90 Å². The lowest BCUT2D eigenvalue weighted by atomic mass is 10.1. The van der Waals surface area contributed by atoms with Gasteiger partial charge in [-0.15, -0.1) is 0 Å². The third kappa shape index (κ3) is 6.18. The maximum Gasteiger partial charge on any atom is 0.387 e. The van der Waals surface area contributed by atoms with Crippen LogP contribution in [0.5, 0.6) is 11.5 Å². The molecular formula is C22H18F4N2O3. The van der Waals surface area contributed by atoms with E-state index in [0.29, 0.717) is 17.9 Å². The number of rotatable bonds is 10. The van der Waals surface area contributed by atoms with E-state index in [4.69, 9.17) is 0 Å². The van der Waals surface area contributed by atoms with Crippen molar-refractivity contribution in [2.24, 2.45) is 0 Å². The molecule has 1 aromatic heterocycles. The van der Waals surface area contributed by atoms with Gasteiger partial charge in [0, 0.05) is 42.8 Å². The molecule has 5 nitrogen and oxygen atoms in total. The molecule has 0 spiro atoms. The second kappa shape index (κ2) is 10.4. The summed E-state index contributed by atoms with van der Waals surface area (Å²) in [5.41, 5.74) is 2.62. The number of carbonyl (C=O) groups is 1. The zero-order chi connectivity index (χ0) is 22.2. The first-order valence-electron chi connectivity index (χ1n) is 9.19. The highest BCUT2D eigenvalue weighted by Gasteiger charge is 2.19. The van der Waals surface area contributed by atoms with E-state index in [1.165, 1.54) is 12.1 Å². The van der Waals surface area contributed by atoms with Gasteiger partial charge in [-0.05, 0) is 41.5 Å². The van der Waals surface area contributed by atoms with E-state index in [9.17, 15) is 22.4 Å². The number of hydrogen-bond donors (Lipinski definition) is 0. The number of nitrogens with zero attached hydrogens (tertiary/aromatic N) is 2. The topological polar surface area (TPSA) is 51.7 Å². The second-order valence-corrected chi connectivity index (χ2v) is 6.38. The van der Waals surface area contributed by atoms with Crippen molar-refractivity contribution in [3.8, 4) is 11.5 Å². The van der Waals surface area contributed by atoms with Gasteiger partial charge >= 0.3 is 13.2 Å². The first-order valence-corrected chi connectivity index (χ1v) is 9.19. The molecule has 162 valence electrons. The molecule has 1 heterocycles. The molecule has 0 atom stereocenters. The van der Waals surface area contributed by atoms with Gasteiger partial charge in [-0.2, -0.15) is 17.6 Å². The third-order valence-electron chi connectivity index (χ3n) is 4.28. The molecular weight excluding hydrogens is 416 g/mol. The Morgan fingerprint density at radius 3 is 2.26 bits per heavy atom. The zero-order valence-electron chi connectivity index (χ0n) is 16.1. The minimum atomic E-state index is -3.22. The first kappa shape index (κ1) is 22.1. The van der Waals surface area contributed by atoms with Crippen LogP contribution in [0, 0.1) is 0 Å². The van der Waals surface area contributed by atoms with Crippen molar-refractivity contribution < 1.29 is 31.8 Å². The lowest BCUT2D eigenvalue weighted by Gasteiger charge is -2.26. The van der Waals surface area contributed by atoms with Crippen LogP contribution in [0.15, 0.2) is 67.0 Å². The van der Waals surface area contributed by atoms with E-state index in [2.05, 4.69) is 14.5 Å². The van der Waals surface area contributed by atoms with Gasteiger partial charge in [0.05, 0.1) is 0 Å². The highest BCUT2D eigenvalue weighted by Crippen LogP contribution is 2.37. The largest absolute Gasteiger partial charge is 0.431 e. The summed E-state index contributed by atoms with van der Waals surface area (Å²) in [6, 6.07) is 14.5. The Balaban J connectivity index is 2.05. The summed E-state index contributed by atoms with van der Waals surface area (Å²) in [6.07, 6.45) is 4.24. The second-order valence-electron chi connectivity index (χ2n) is 6.38. The van der Waals surface area contributed by atoms with Crippen molar-refractivity contribution in [3.05, 3.63) is 78.1 Å². The molecule has 0 amide bonds. The van der Waals surface area contributed by atoms with E-state index in [1.807, 2.05) is 6.07 Å². The van der Waals surface area contributed by atoms with Gasteiger partial charge in [0.2, 0.25) is 0 Å². The molecule has 2 aromatic carbocycles. The minimum Gasteiger partial charge on any atom is -0.431 e. The van der Waals surface area contributed by atoms with Crippen molar-refractivity contribution >= 4 is 17.7 Å². The molecule has 0 fully saturated rings. The maximum absolute atomic E-state index is 12.9. The average Bonchev–Trinajstić information content (AvgIpc) is 2.74. The third-order valence-corrected chi connectivity index (χ3v) is 4.28. The molecule has 0 aliphatic rings. The van der Waals surface area contributed by atoms with Crippen LogP contribution in [-0.4, -0.2) is 24.5 Å². The average molecular weight is 434 g/mol. The fraction of sp³-hybridized carbons (Fsp3) is 0.182. The van der Waals surface area contributed by atoms with E-state index < -0.39 is 24.7 Å². The number of pyridine rings is 1. The van der Waals surface area contributed by atoms with E-state index in [0.717, 1.165) is 23.5 Å². The Labute approximate surface area is 175 Å². The normalized spacial score (nSPS) is 10.9. The molecule has 0 saturated heterocycles. The van der Waals surface area contributed by atoms with E-state index >= 15 is 0 Å². The summed E-state index contributed by atoms with van der Waals surface area (Å²) in [7, 11) is 0. The number of anilines is 2. The first-order chi connectivity index (χ1) is 15.0. The fourth-order valence-corrected chi connectivity index (χ4v) is 3.00. The predicted molar refractivity (Wildman–Crippen MR) is 106 cm³/mol. The van der Waals surface area contributed by atoms with Gasteiger partial charge in [-0.1, -0.05) is 18.2 Å². The minimum absolute atomic E-state index is 0.204. The Hall–Kier alpha value is -3.62. The molecule has 0 aliphatic carbocycles. The highest BCUT2D eigenvalue weighted by atomic mass is 19.3. The molecule has 3 rings (SSSR count). The summed E-state index contributed by atoms with van der Waals surface area (Å²) >= 11 is 0. The van der Waals surface area contributed by atoms with Crippen LogP contribution in [0.3, 0.4) is 0 Å². The smallest absolute Gasteiger partial charge is 0.387 e. The molecule has 9 heteroatoms. The van der Waals surface area contributed by atoms with Crippen molar-refractivity contribution in [1.82, 2.24) is 4.98 Å². The van der Waals surface area contributed by atoms with Gasteiger partial charge in [0.15, 0.2) is 11.5 Å². The van der Waals surface area contributed by atoms with Crippen LogP contribution >= 0.6 is 0 Å². The quantitative estimate of drug-likeness (QED) is 0.318. The number of benzene rings is 2. The Kier molecular flexibility index (Phi) is 7.42. The van der Waals surface area contributed by atoms with Crippen LogP contribution in [0.1, 0.15) is 11.1 Å². The number of ether oxygens (including phenoxy) is 2. The number of hydrogen-bond acceptors (Lipinski definition) is 5. The standard InChI is InChI=1S/C22H18F4N2O3/c23-21(24)30-19-7-6-18(12-20(19)31-22(25)26)28(14-16-4-2-9-27-13-16)17-5-1-3-15(11-17)8-10-29/h1-7,9-13,21-22H,8,14H2. The monoisotopic (exact) mass is 434 g/mol. The molecule has 0 radical (unpaired) electrons. The Bertz CT molecular complexity index is 1000. The number of aromatic nitrogens is 1. The summed E-state index contributed by atoms with van der Waals surface area (Å²) in [5, 5.41) is 0. The molecule has 31 heavy (non-hydrogen) atoms. The van der Waals surface area contributed by atoms with Crippen LogP contribution < -0.4 is 14.4 Å². The Morgan fingerprint density at radius 2 is 1.58 bits per heavy atom. The summed E-state index contributed by atoms with van der Waals surface area (Å²) < 4.78 is 59.7. The maximum atomic E-state index is 12.9. The van der Waals surface area contributed by atoms with Crippen molar-refractivity contribution in [2.45, 2.75) is 26.2 Å². The Morgan fingerprint density at radius 1 is 0.871 bits per heavy atom. The highest BCUT2D eigenvalue weighted by molar-refractivity contribution is 5.68. The molecule has 0 saturated carbocycles. The summed E-state index contributed by atoms with van der Waals surface area (Å²) in [4.78, 5) is 16.7. The SMILES string of the molecule is O=CCc1cccc(N(Cc2cccnc2)c2ccc(OC(F)F)c(OC(F)F)c2)c1. The molecule has 0 bridgehead atoms. The predicted octanol–water partition coefficient (Wildman–Crippen LogP) is 5.36. The van der Waals surface area contributed by atoms with Crippen LogP contribution in [0.4, 0.5) is 28.9 Å². The van der Waals surface area contributed by atoms with Gasteiger partial charge < -0.3 is 19.2 Å². The fourth-order valence-electron chi connectivity index (χ4n) is 3.00. The summed E-state index contributed by atoms with van der Waals surface area (Å²) in [5.74, 6) is -1.02. The lowest BCUT2D eigenvalue weighted by molar-refractivity contribution is -0.107. The molecule has 0 N–H and O–H groups in total. The molecule has 0 aliphatic heterocycles. The van der Waals surface area contributed by atoms with Crippen molar-refractivity contribution in [3.63, 3.8) is 0 Å². The van der Waals surface area contributed by atoms with Gasteiger partial charge in [-0.25, -0.2) is 0 Å². The summed E-state index contributed by atoms with van der Waals surface area (Å²) in [6.45, 7) is -6.13. The van der Waals surface area contributed by atoms with Gasteiger partial charge in [0.1, 0.15) is 6.29 Å². The van der Waals surface area contributed by atoms with Crippen molar-refractivity contribution in [1.29, 1.82) is 0 Å². The lowest BCUT2D eigenvalue weighted by Crippen LogP contribution is -2.17. The van der Waals surface area contributed by atoms with Gasteiger partial charge in [0.25, 0.3) is 0 Å². The number of carbonyl (C=O) groups excluding carboxylic acids is 1.